The number of carbonyl (C=O) groups is 1. The molecule has 6 heteroatoms. The minimum Gasteiger partial charge on any atom is -0.497 e. The van der Waals surface area contributed by atoms with Crippen LogP contribution in [0.5, 0.6) is 11.5 Å². The average molecular weight is 458 g/mol. The third kappa shape index (κ3) is 6.38. The Balaban J connectivity index is 1.29. The second-order valence-electron chi connectivity index (χ2n) is 8.16. The van der Waals surface area contributed by atoms with Gasteiger partial charge in [-0.2, -0.15) is 0 Å². The van der Waals surface area contributed by atoms with E-state index in [1.165, 1.54) is 5.56 Å². The lowest BCUT2D eigenvalue weighted by Crippen LogP contribution is -2.25. The van der Waals surface area contributed by atoms with E-state index in [1.54, 1.807) is 7.11 Å². The third-order valence-electron chi connectivity index (χ3n) is 5.77. The summed E-state index contributed by atoms with van der Waals surface area (Å²) < 4.78 is 13.2. The Kier molecular flexibility index (Phi) is 8.17. The van der Waals surface area contributed by atoms with Gasteiger partial charge in [-0.1, -0.05) is 42.5 Å². The summed E-state index contributed by atoms with van der Waals surface area (Å²) in [7, 11) is 1.65. The van der Waals surface area contributed by atoms with Crippen LogP contribution < -0.4 is 14.8 Å². The van der Waals surface area contributed by atoms with Crippen molar-refractivity contribution in [3.8, 4) is 11.5 Å². The average Bonchev–Trinajstić information content (AvgIpc) is 3.24. The van der Waals surface area contributed by atoms with E-state index in [4.69, 9.17) is 14.5 Å². The molecule has 34 heavy (non-hydrogen) atoms. The van der Waals surface area contributed by atoms with E-state index in [0.29, 0.717) is 19.6 Å². The molecule has 0 atom stereocenters. The predicted molar refractivity (Wildman–Crippen MR) is 134 cm³/mol. The second kappa shape index (κ2) is 11.9. The van der Waals surface area contributed by atoms with E-state index in [0.717, 1.165) is 54.2 Å². The van der Waals surface area contributed by atoms with Crippen molar-refractivity contribution in [1.82, 2.24) is 14.9 Å². The molecule has 0 unspecified atom stereocenters. The van der Waals surface area contributed by atoms with Crippen molar-refractivity contribution in [3.05, 3.63) is 90.3 Å². The van der Waals surface area contributed by atoms with E-state index < -0.39 is 0 Å². The van der Waals surface area contributed by atoms with E-state index in [9.17, 15) is 4.79 Å². The number of rotatable bonds is 12. The predicted octanol–water partition coefficient (Wildman–Crippen LogP) is 5.15. The molecule has 176 valence electrons. The summed E-state index contributed by atoms with van der Waals surface area (Å²) in [6, 6.07) is 25.8. The van der Waals surface area contributed by atoms with E-state index in [2.05, 4.69) is 16.0 Å². The van der Waals surface area contributed by atoms with Crippen LogP contribution in [0.25, 0.3) is 11.0 Å². The molecule has 0 aliphatic heterocycles. The van der Waals surface area contributed by atoms with Gasteiger partial charge in [0.05, 0.1) is 31.3 Å². The molecule has 0 saturated heterocycles. The molecule has 0 fully saturated rings. The molecule has 1 amide bonds. The van der Waals surface area contributed by atoms with E-state index >= 15 is 0 Å². The number of nitrogens with zero attached hydrogens (tertiary/aromatic N) is 2. The molecular formula is C28H31N3O3. The number of unbranched alkanes of at least 4 members (excludes halogenated alkanes) is 1. The van der Waals surface area contributed by atoms with Gasteiger partial charge in [0.15, 0.2) is 0 Å². The van der Waals surface area contributed by atoms with Crippen LogP contribution in [0.15, 0.2) is 78.9 Å². The van der Waals surface area contributed by atoms with Crippen LogP contribution >= 0.6 is 0 Å². The molecule has 1 aromatic heterocycles. The largest absolute Gasteiger partial charge is 0.497 e. The van der Waals surface area contributed by atoms with Crippen molar-refractivity contribution < 1.29 is 14.3 Å². The van der Waals surface area contributed by atoms with Gasteiger partial charge in [-0.3, -0.25) is 4.79 Å². The minimum absolute atomic E-state index is 0.0374. The summed E-state index contributed by atoms with van der Waals surface area (Å²) >= 11 is 0. The summed E-state index contributed by atoms with van der Waals surface area (Å²) in [5.41, 5.74) is 3.21. The number of carbonyl (C=O) groups excluding carboxylic acids is 1. The second-order valence-corrected chi connectivity index (χ2v) is 8.16. The highest BCUT2D eigenvalue weighted by Gasteiger charge is 2.11. The number of amides is 1. The number of aromatic nitrogens is 2. The van der Waals surface area contributed by atoms with Crippen LogP contribution in [0.4, 0.5) is 0 Å². The monoisotopic (exact) mass is 457 g/mol. The Hall–Kier alpha value is -3.80. The van der Waals surface area contributed by atoms with E-state index in [1.807, 2.05) is 72.8 Å². The lowest BCUT2D eigenvalue weighted by molar-refractivity contribution is -0.121. The molecule has 0 spiro atoms. The summed E-state index contributed by atoms with van der Waals surface area (Å²) in [5, 5.41) is 3.05. The number of fused-ring (bicyclic) bond motifs is 1. The van der Waals surface area contributed by atoms with Crippen LogP contribution in [0, 0.1) is 0 Å². The molecular weight excluding hydrogens is 426 g/mol. The molecule has 0 aliphatic carbocycles. The number of para-hydroxylation sites is 2. The maximum atomic E-state index is 12.4. The molecule has 3 aromatic carbocycles. The molecule has 6 nitrogen and oxygen atoms in total. The van der Waals surface area contributed by atoms with Crippen LogP contribution in [0.3, 0.4) is 0 Å². The van der Waals surface area contributed by atoms with Gasteiger partial charge in [-0.15, -0.1) is 0 Å². The Morgan fingerprint density at radius 3 is 2.44 bits per heavy atom. The maximum Gasteiger partial charge on any atom is 0.220 e. The topological polar surface area (TPSA) is 65.4 Å². The quantitative estimate of drug-likeness (QED) is 0.299. The van der Waals surface area contributed by atoms with Crippen LogP contribution in [0.2, 0.25) is 0 Å². The minimum atomic E-state index is 0.0374. The zero-order valence-corrected chi connectivity index (χ0v) is 19.6. The van der Waals surface area contributed by atoms with Gasteiger partial charge in [-0.25, -0.2) is 4.98 Å². The standard InChI is InChI=1S/C28H31N3O3/c1-33-23-14-16-24(17-15-23)34-20-8-7-19-31-26-12-6-5-11-25(26)30-27(31)21-29-28(32)18-13-22-9-3-2-4-10-22/h2-6,9-12,14-17H,7-8,13,18-21H2,1H3,(H,29,32). The Morgan fingerprint density at radius 1 is 0.912 bits per heavy atom. The number of nitrogens with one attached hydrogen (secondary N) is 1. The van der Waals surface area contributed by atoms with E-state index in [-0.39, 0.29) is 5.91 Å². The van der Waals surface area contributed by atoms with Gasteiger partial charge in [0.25, 0.3) is 0 Å². The number of ether oxygens (including phenoxy) is 2. The molecule has 0 radical (unpaired) electrons. The SMILES string of the molecule is COc1ccc(OCCCCn2c(CNC(=O)CCc3ccccc3)nc3ccccc32)cc1. The number of hydrogen-bond acceptors (Lipinski definition) is 4. The highest BCUT2D eigenvalue weighted by molar-refractivity contribution is 5.77. The molecule has 1 heterocycles. The molecule has 1 N–H and O–H groups in total. The zero-order chi connectivity index (χ0) is 23.6. The molecule has 4 rings (SSSR count). The van der Waals surface area contributed by atoms with Crippen molar-refractivity contribution in [2.45, 2.75) is 38.8 Å². The number of imidazole rings is 1. The molecule has 4 aromatic rings. The van der Waals surface area contributed by atoms with Gasteiger partial charge >= 0.3 is 0 Å². The molecule has 0 aliphatic rings. The smallest absolute Gasteiger partial charge is 0.220 e. The van der Waals surface area contributed by atoms with Gasteiger partial charge < -0.3 is 19.4 Å². The number of methoxy groups -OCH3 is 1. The fourth-order valence-corrected chi connectivity index (χ4v) is 3.91. The Labute approximate surface area is 200 Å². The van der Waals surface area contributed by atoms with Crippen molar-refractivity contribution >= 4 is 16.9 Å². The lowest BCUT2D eigenvalue weighted by Gasteiger charge is -2.11. The fraction of sp³-hybridized carbons (Fsp3) is 0.286. The van der Waals surface area contributed by atoms with Crippen LogP contribution in [0.1, 0.15) is 30.7 Å². The van der Waals surface area contributed by atoms with Crippen molar-refractivity contribution in [1.29, 1.82) is 0 Å². The normalized spacial score (nSPS) is 10.9. The molecule has 0 saturated carbocycles. The first-order chi connectivity index (χ1) is 16.7. The summed E-state index contributed by atoms with van der Waals surface area (Å²) in [4.78, 5) is 17.2. The highest BCUT2D eigenvalue weighted by atomic mass is 16.5. The van der Waals surface area contributed by atoms with Crippen molar-refractivity contribution in [3.63, 3.8) is 0 Å². The number of aryl methyl sites for hydroxylation is 2. The lowest BCUT2D eigenvalue weighted by atomic mass is 10.1. The fourth-order valence-electron chi connectivity index (χ4n) is 3.91. The van der Waals surface area contributed by atoms with Gasteiger partial charge in [0.1, 0.15) is 17.3 Å². The van der Waals surface area contributed by atoms with Gasteiger partial charge in [-0.05, 0) is 61.2 Å². The summed E-state index contributed by atoms with van der Waals surface area (Å²) in [5.74, 6) is 2.58. The highest BCUT2D eigenvalue weighted by Crippen LogP contribution is 2.19. The zero-order valence-electron chi connectivity index (χ0n) is 19.6. The third-order valence-corrected chi connectivity index (χ3v) is 5.77. The Bertz CT molecular complexity index is 1190. The first kappa shape index (κ1) is 23.4. The summed E-state index contributed by atoms with van der Waals surface area (Å²) in [6.07, 6.45) is 3.07. The summed E-state index contributed by atoms with van der Waals surface area (Å²) in [6.45, 7) is 1.89. The van der Waals surface area contributed by atoms with Gasteiger partial charge in [0, 0.05) is 13.0 Å². The number of hydrogen-bond donors (Lipinski definition) is 1. The van der Waals surface area contributed by atoms with Crippen LogP contribution in [-0.2, 0) is 24.3 Å². The molecule has 0 bridgehead atoms. The number of benzene rings is 3. The Morgan fingerprint density at radius 2 is 1.65 bits per heavy atom. The van der Waals surface area contributed by atoms with Gasteiger partial charge in [0.2, 0.25) is 5.91 Å². The maximum absolute atomic E-state index is 12.4. The first-order valence-electron chi connectivity index (χ1n) is 11.7. The van der Waals surface area contributed by atoms with Crippen LogP contribution in [-0.4, -0.2) is 29.2 Å². The first-order valence-corrected chi connectivity index (χ1v) is 11.7. The van der Waals surface area contributed by atoms with Crippen molar-refractivity contribution in [2.24, 2.45) is 0 Å². The van der Waals surface area contributed by atoms with Crippen molar-refractivity contribution in [2.75, 3.05) is 13.7 Å².